The van der Waals surface area contributed by atoms with Gasteiger partial charge in [-0.05, 0) is 39.3 Å². The highest BCUT2D eigenvalue weighted by atomic mass is 16.9. The van der Waals surface area contributed by atoms with Gasteiger partial charge in [0.15, 0.2) is 0 Å². The highest BCUT2D eigenvalue weighted by Crippen LogP contribution is 2.24. The number of rotatable bonds is 14. The molecule has 0 heterocycles. The molecule has 2 N–H and O–H groups in total. The molecule has 0 amide bonds. The predicted molar refractivity (Wildman–Crippen MR) is 111 cm³/mol. The molecule has 0 bridgehead atoms. The van der Waals surface area contributed by atoms with Crippen molar-refractivity contribution >= 4 is 5.69 Å². The molecule has 0 radical (unpaired) electrons. The van der Waals surface area contributed by atoms with Crippen molar-refractivity contribution in [2.45, 2.75) is 85.0 Å². The van der Waals surface area contributed by atoms with Crippen LogP contribution in [0.25, 0.3) is 0 Å². The first-order valence-corrected chi connectivity index (χ1v) is 10.4. The van der Waals surface area contributed by atoms with Gasteiger partial charge in [-0.15, -0.1) is 0 Å². The Morgan fingerprint density at radius 2 is 1.15 bits per heavy atom. The third kappa shape index (κ3) is 13.2. The average Bonchev–Trinajstić information content (AvgIpc) is 2.63. The molecule has 0 aliphatic carbocycles. The van der Waals surface area contributed by atoms with E-state index in [9.17, 15) is 0 Å². The Kier molecular flexibility index (Phi) is 16.6. The first-order chi connectivity index (χ1) is 12.6. The van der Waals surface area contributed by atoms with Gasteiger partial charge < -0.3 is 19.9 Å². The van der Waals surface area contributed by atoms with Crippen LogP contribution in [0.4, 0.5) is 5.69 Å². The van der Waals surface area contributed by atoms with E-state index in [-0.39, 0.29) is 0 Å². The molecule has 1 rings (SSSR count). The van der Waals surface area contributed by atoms with Crippen LogP contribution in [0.1, 0.15) is 79.1 Å². The summed E-state index contributed by atoms with van der Waals surface area (Å²) < 4.78 is 17.1. The average molecular weight is 368 g/mol. The maximum atomic E-state index is 5.71. The fourth-order valence-electron chi connectivity index (χ4n) is 2.75. The molecule has 0 fully saturated rings. The number of unbranched alkanes of at least 4 members (excludes halogenated alkanes) is 6. The summed E-state index contributed by atoms with van der Waals surface area (Å²) in [5, 5.41) is 0. The minimum Gasteiger partial charge on any atom is -0.399 e. The van der Waals surface area contributed by atoms with Crippen LogP contribution in [0.15, 0.2) is 30.3 Å². The monoisotopic (exact) mass is 367 g/mol. The van der Waals surface area contributed by atoms with Crippen LogP contribution in [0.3, 0.4) is 0 Å². The molecule has 0 spiro atoms. The summed E-state index contributed by atoms with van der Waals surface area (Å²) in [4.78, 5) is 0. The largest absolute Gasteiger partial charge is 0.399 e. The standard InChI is InChI=1S/C16H34O3.C6H7N/c1-5-9-10-11-12-13-14-15-16(17-6-2,18-7-3)19-8-4;7-6-4-2-1-3-5-6/h5-15H2,1-4H3;1-5H,7H2. The van der Waals surface area contributed by atoms with Gasteiger partial charge in [0.05, 0.1) is 0 Å². The van der Waals surface area contributed by atoms with Crippen molar-refractivity contribution in [2.75, 3.05) is 25.6 Å². The van der Waals surface area contributed by atoms with Gasteiger partial charge in [-0.3, -0.25) is 0 Å². The maximum absolute atomic E-state index is 5.71. The normalized spacial score (nSPS) is 11.1. The van der Waals surface area contributed by atoms with E-state index < -0.39 is 5.97 Å². The van der Waals surface area contributed by atoms with Crippen LogP contribution in [0.5, 0.6) is 0 Å². The Balaban J connectivity index is 0.000000735. The lowest BCUT2D eigenvalue weighted by atomic mass is 10.1. The van der Waals surface area contributed by atoms with E-state index in [1.165, 1.54) is 38.5 Å². The van der Waals surface area contributed by atoms with E-state index in [4.69, 9.17) is 19.9 Å². The van der Waals surface area contributed by atoms with Gasteiger partial charge in [0.1, 0.15) is 0 Å². The molecule has 0 aliphatic rings. The van der Waals surface area contributed by atoms with E-state index in [2.05, 4.69) is 6.92 Å². The molecular formula is C22H41NO3. The molecule has 0 unspecified atom stereocenters. The number of hydrogen-bond donors (Lipinski definition) is 1. The van der Waals surface area contributed by atoms with Crippen molar-refractivity contribution in [1.82, 2.24) is 0 Å². The quantitative estimate of drug-likeness (QED) is 0.243. The second kappa shape index (κ2) is 17.3. The van der Waals surface area contributed by atoms with E-state index in [0.29, 0.717) is 19.8 Å². The topological polar surface area (TPSA) is 53.7 Å². The molecule has 0 aromatic heterocycles. The number of nitrogen functional groups attached to an aromatic ring is 1. The van der Waals surface area contributed by atoms with Crippen molar-refractivity contribution in [1.29, 1.82) is 0 Å². The molecule has 0 saturated heterocycles. The van der Waals surface area contributed by atoms with E-state index in [0.717, 1.165) is 18.5 Å². The highest BCUT2D eigenvalue weighted by molar-refractivity contribution is 5.35. The molecule has 0 atom stereocenters. The lowest BCUT2D eigenvalue weighted by molar-refractivity contribution is -0.380. The number of benzene rings is 1. The number of hydrogen-bond acceptors (Lipinski definition) is 4. The predicted octanol–water partition coefficient (Wildman–Crippen LogP) is 6.16. The van der Waals surface area contributed by atoms with Gasteiger partial charge in [0.2, 0.25) is 0 Å². The zero-order valence-corrected chi connectivity index (χ0v) is 17.5. The smallest absolute Gasteiger partial charge is 0.282 e. The van der Waals surface area contributed by atoms with Crippen molar-refractivity contribution in [2.24, 2.45) is 0 Å². The summed E-state index contributed by atoms with van der Waals surface area (Å²) in [5.41, 5.74) is 6.18. The van der Waals surface area contributed by atoms with Crippen LogP contribution in [-0.4, -0.2) is 25.8 Å². The Hall–Kier alpha value is -1.10. The minimum atomic E-state index is -0.804. The summed E-state index contributed by atoms with van der Waals surface area (Å²) in [6.07, 6.45) is 9.85. The van der Waals surface area contributed by atoms with Gasteiger partial charge >= 0.3 is 0 Å². The second-order valence-corrected chi connectivity index (χ2v) is 6.26. The maximum Gasteiger partial charge on any atom is 0.282 e. The Bertz CT molecular complexity index is 381. The number of nitrogens with two attached hydrogens (primary N) is 1. The number of para-hydroxylation sites is 1. The van der Waals surface area contributed by atoms with Gasteiger partial charge in [-0.1, -0.05) is 63.6 Å². The molecule has 0 saturated carbocycles. The minimum absolute atomic E-state index is 0.622. The fourth-order valence-corrected chi connectivity index (χ4v) is 2.75. The summed E-state index contributed by atoms with van der Waals surface area (Å²) in [6.45, 7) is 10.1. The summed E-state index contributed by atoms with van der Waals surface area (Å²) in [7, 11) is 0. The summed E-state index contributed by atoms with van der Waals surface area (Å²) in [5.74, 6) is -0.804. The zero-order chi connectivity index (χ0) is 19.5. The lowest BCUT2D eigenvalue weighted by Gasteiger charge is -2.32. The van der Waals surface area contributed by atoms with Gasteiger partial charge in [-0.25, -0.2) is 0 Å². The Morgan fingerprint density at radius 3 is 1.54 bits per heavy atom. The molecule has 1 aromatic rings. The van der Waals surface area contributed by atoms with Crippen LogP contribution >= 0.6 is 0 Å². The van der Waals surface area contributed by atoms with Crippen molar-refractivity contribution < 1.29 is 14.2 Å². The third-order valence-electron chi connectivity index (χ3n) is 3.98. The Labute approximate surface area is 161 Å². The van der Waals surface area contributed by atoms with Crippen molar-refractivity contribution in [3.63, 3.8) is 0 Å². The van der Waals surface area contributed by atoms with E-state index in [1.54, 1.807) is 0 Å². The van der Waals surface area contributed by atoms with Crippen molar-refractivity contribution in [3.05, 3.63) is 30.3 Å². The molecule has 26 heavy (non-hydrogen) atoms. The Morgan fingerprint density at radius 1 is 0.692 bits per heavy atom. The van der Waals surface area contributed by atoms with E-state index in [1.807, 2.05) is 51.1 Å². The van der Waals surface area contributed by atoms with Gasteiger partial charge in [-0.2, -0.15) is 0 Å². The highest BCUT2D eigenvalue weighted by Gasteiger charge is 2.31. The van der Waals surface area contributed by atoms with Crippen LogP contribution in [0, 0.1) is 0 Å². The molecule has 0 aliphatic heterocycles. The zero-order valence-electron chi connectivity index (χ0n) is 17.5. The molecule has 4 heteroatoms. The second-order valence-electron chi connectivity index (χ2n) is 6.26. The summed E-state index contributed by atoms with van der Waals surface area (Å²) in [6, 6.07) is 9.49. The van der Waals surface area contributed by atoms with Crippen molar-refractivity contribution in [3.8, 4) is 0 Å². The number of ether oxygens (including phenoxy) is 3. The van der Waals surface area contributed by atoms with E-state index >= 15 is 0 Å². The third-order valence-corrected chi connectivity index (χ3v) is 3.98. The van der Waals surface area contributed by atoms with Crippen LogP contribution in [0.2, 0.25) is 0 Å². The molecule has 152 valence electrons. The first-order valence-electron chi connectivity index (χ1n) is 10.4. The van der Waals surface area contributed by atoms with Gasteiger partial charge in [0, 0.05) is 31.9 Å². The number of anilines is 1. The molecular weight excluding hydrogens is 326 g/mol. The lowest BCUT2D eigenvalue weighted by Crippen LogP contribution is -2.39. The first kappa shape index (κ1) is 24.9. The molecule has 4 nitrogen and oxygen atoms in total. The molecule has 1 aromatic carbocycles. The SMILES string of the molecule is CCCCCCCCCC(OCC)(OCC)OCC.Nc1ccccc1. The summed E-state index contributed by atoms with van der Waals surface area (Å²) >= 11 is 0. The fraction of sp³-hybridized carbons (Fsp3) is 0.727. The van der Waals surface area contributed by atoms with Crippen LogP contribution in [-0.2, 0) is 14.2 Å². The van der Waals surface area contributed by atoms with Gasteiger partial charge in [0.25, 0.3) is 5.97 Å². The van der Waals surface area contributed by atoms with Crippen LogP contribution < -0.4 is 5.73 Å².